The standard InChI is InChI=1S/C14H16BrF2N/c1-10-13(15)4-3-12(14(10)17)7-11-8-18(9-11)6-2-5-16/h3-4,7H,2,5-6,8-9H2,1H3. The van der Waals surface area contributed by atoms with Crippen molar-refractivity contribution in [1.82, 2.24) is 4.90 Å². The number of benzene rings is 1. The summed E-state index contributed by atoms with van der Waals surface area (Å²) >= 11 is 3.31. The van der Waals surface area contributed by atoms with Gasteiger partial charge in [0.25, 0.3) is 0 Å². The zero-order chi connectivity index (χ0) is 13.1. The minimum atomic E-state index is -0.268. The molecule has 1 heterocycles. The van der Waals surface area contributed by atoms with Crippen molar-refractivity contribution in [2.45, 2.75) is 13.3 Å². The quantitative estimate of drug-likeness (QED) is 0.813. The lowest BCUT2D eigenvalue weighted by Crippen LogP contribution is -2.40. The summed E-state index contributed by atoms with van der Waals surface area (Å²) < 4.78 is 26.7. The Balaban J connectivity index is 2.01. The van der Waals surface area contributed by atoms with Gasteiger partial charge in [0.05, 0.1) is 6.67 Å². The van der Waals surface area contributed by atoms with Crippen LogP contribution in [-0.4, -0.2) is 31.2 Å². The fourth-order valence-corrected chi connectivity index (χ4v) is 2.38. The smallest absolute Gasteiger partial charge is 0.134 e. The maximum absolute atomic E-state index is 13.9. The minimum absolute atomic E-state index is 0.168. The molecule has 1 nitrogen and oxygen atoms in total. The number of nitrogens with zero attached hydrogens (tertiary/aromatic N) is 1. The number of rotatable bonds is 4. The molecular formula is C14H16BrF2N. The van der Waals surface area contributed by atoms with Crippen molar-refractivity contribution in [3.63, 3.8) is 0 Å². The molecule has 0 atom stereocenters. The van der Waals surface area contributed by atoms with Crippen LogP contribution >= 0.6 is 15.9 Å². The summed E-state index contributed by atoms with van der Waals surface area (Å²) in [5, 5.41) is 0. The molecule has 2 rings (SSSR count). The van der Waals surface area contributed by atoms with Crippen LogP contribution in [0, 0.1) is 12.7 Å². The highest BCUT2D eigenvalue weighted by Crippen LogP contribution is 2.25. The van der Waals surface area contributed by atoms with Crippen LogP contribution in [0.2, 0.25) is 0 Å². The van der Waals surface area contributed by atoms with Gasteiger partial charge < -0.3 is 0 Å². The predicted octanol–water partition coefficient (Wildman–Crippen LogP) is 3.96. The second kappa shape index (κ2) is 5.93. The third kappa shape index (κ3) is 2.98. The van der Waals surface area contributed by atoms with Gasteiger partial charge in [-0.25, -0.2) is 4.39 Å². The van der Waals surface area contributed by atoms with Crippen molar-refractivity contribution < 1.29 is 8.78 Å². The topological polar surface area (TPSA) is 3.24 Å². The van der Waals surface area contributed by atoms with Crippen molar-refractivity contribution >= 4 is 22.0 Å². The first-order chi connectivity index (χ1) is 8.61. The Morgan fingerprint density at radius 2 is 2.11 bits per heavy atom. The molecule has 4 heteroatoms. The molecule has 0 aliphatic carbocycles. The molecule has 1 aromatic rings. The van der Waals surface area contributed by atoms with E-state index in [0.29, 0.717) is 17.5 Å². The van der Waals surface area contributed by atoms with Gasteiger partial charge in [-0.3, -0.25) is 9.29 Å². The van der Waals surface area contributed by atoms with Gasteiger partial charge in [-0.1, -0.05) is 28.1 Å². The molecule has 0 N–H and O–H groups in total. The SMILES string of the molecule is Cc1c(Br)ccc(C=C2CN(CCCF)C2)c1F. The first kappa shape index (κ1) is 13.7. The fraction of sp³-hybridized carbons (Fsp3) is 0.429. The Kier molecular flexibility index (Phi) is 4.51. The second-order valence-electron chi connectivity index (χ2n) is 4.63. The van der Waals surface area contributed by atoms with Gasteiger partial charge >= 0.3 is 0 Å². The summed E-state index contributed by atoms with van der Waals surface area (Å²) in [6.07, 6.45) is 2.49. The Morgan fingerprint density at radius 3 is 2.78 bits per heavy atom. The Bertz CT molecular complexity index is 463. The van der Waals surface area contributed by atoms with E-state index in [2.05, 4.69) is 20.8 Å². The van der Waals surface area contributed by atoms with Crippen LogP contribution in [0.25, 0.3) is 6.08 Å². The number of hydrogen-bond acceptors (Lipinski definition) is 1. The molecule has 0 aromatic heterocycles. The normalized spacial score (nSPS) is 15.7. The molecular weight excluding hydrogens is 300 g/mol. The average molecular weight is 316 g/mol. The molecule has 1 aliphatic rings. The Hall–Kier alpha value is -0.740. The summed E-state index contributed by atoms with van der Waals surface area (Å²) in [5.41, 5.74) is 2.48. The van der Waals surface area contributed by atoms with E-state index in [9.17, 15) is 8.78 Å². The van der Waals surface area contributed by atoms with Gasteiger partial charge in [0.2, 0.25) is 0 Å². The van der Waals surface area contributed by atoms with Gasteiger partial charge in [0.15, 0.2) is 0 Å². The van der Waals surface area contributed by atoms with E-state index in [1.165, 1.54) is 5.57 Å². The number of halogens is 3. The lowest BCUT2D eigenvalue weighted by molar-refractivity contribution is 0.239. The molecule has 18 heavy (non-hydrogen) atoms. The highest BCUT2D eigenvalue weighted by atomic mass is 79.9. The minimum Gasteiger partial charge on any atom is -0.295 e. The molecule has 0 saturated carbocycles. The van der Waals surface area contributed by atoms with E-state index >= 15 is 0 Å². The zero-order valence-corrected chi connectivity index (χ0v) is 11.9. The van der Waals surface area contributed by atoms with Gasteiger partial charge in [-0.05, 0) is 30.5 Å². The van der Waals surface area contributed by atoms with Gasteiger partial charge in [-0.2, -0.15) is 0 Å². The zero-order valence-electron chi connectivity index (χ0n) is 10.3. The van der Waals surface area contributed by atoms with E-state index in [4.69, 9.17) is 0 Å². The number of hydrogen-bond donors (Lipinski definition) is 0. The largest absolute Gasteiger partial charge is 0.295 e. The lowest BCUT2D eigenvalue weighted by atomic mass is 10.0. The van der Waals surface area contributed by atoms with Crippen molar-refractivity contribution in [1.29, 1.82) is 0 Å². The van der Waals surface area contributed by atoms with E-state index in [1.807, 2.05) is 12.1 Å². The van der Waals surface area contributed by atoms with Crippen LogP contribution in [0.5, 0.6) is 0 Å². The molecule has 0 amide bonds. The molecule has 98 valence electrons. The van der Waals surface area contributed by atoms with E-state index in [1.54, 1.807) is 13.0 Å². The van der Waals surface area contributed by atoms with Crippen LogP contribution in [0.15, 0.2) is 22.2 Å². The summed E-state index contributed by atoms with van der Waals surface area (Å²) in [6.45, 7) is 3.94. The van der Waals surface area contributed by atoms with Crippen LogP contribution < -0.4 is 0 Å². The van der Waals surface area contributed by atoms with Gasteiger partial charge in [-0.15, -0.1) is 0 Å². The van der Waals surface area contributed by atoms with Crippen LogP contribution in [0.4, 0.5) is 8.78 Å². The predicted molar refractivity (Wildman–Crippen MR) is 73.8 cm³/mol. The maximum Gasteiger partial charge on any atom is 0.134 e. The molecule has 0 radical (unpaired) electrons. The van der Waals surface area contributed by atoms with Gasteiger partial charge in [0.1, 0.15) is 5.82 Å². The average Bonchev–Trinajstić information content (AvgIpc) is 2.31. The number of alkyl halides is 1. The first-order valence-corrected chi connectivity index (χ1v) is 6.83. The lowest BCUT2D eigenvalue weighted by Gasteiger charge is -2.33. The van der Waals surface area contributed by atoms with Crippen molar-refractivity contribution in [3.8, 4) is 0 Å². The van der Waals surface area contributed by atoms with Crippen LogP contribution in [0.1, 0.15) is 17.5 Å². The molecule has 0 unspecified atom stereocenters. The summed E-state index contributed by atoms with van der Waals surface area (Å²) in [5.74, 6) is -0.168. The third-order valence-electron chi connectivity index (χ3n) is 3.17. The summed E-state index contributed by atoms with van der Waals surface area (Å²) in [7, 11) is 0. The van der Waals surface area contributed by atoms with E-state index < -0.39 is 0 Å². The molecule has 1 aliphatic heterocycles. The third-order valence-corrected chi connectivity index (χ3v) is 4.03. The summed E-state index contributed by atoms with van der Waals surface area (Å²) in [6, 6.07) is 3.65. The van der Waals surface area contributed by atoms with E-state index in [0.717, 1.165) is 24.1 Å². The maximum atomic E-state index is 13.9. The Morgan fingerprint density at radius 1 is 1.39 bits per heavy atom. The number of likely N-dealkylation sites (tertiary alicyclic amines) is 1. The van der Waals surface area contributed by atoms with Crippen molar-refractivity contribution in [3.05, 3.63) is 39.1 Å². The second-order valence-corrected chi connectivity index (χ2v) is 5.49. The highest BCUT2D eigenvalue weighted by Gasteiger charge is 2.19. The van der Waals surface area contributed by atoms with Gasteiger partial charge in [0, 0.05) is 29.7 Å². The Labute approximate surface area is 115 Å². The van der Waals surface area contributed by atoms with E-state index in [-0.39, 0.29) is 12.5 Å². The van der Waals surface area contributed by atoms with Crippen LogP contribution in [0.3, 0.4) is 0 Å². The van der Waals surface area contributed by atoms with Crippen LogP contribution in [-0.2, 0) is 0 Å². The monoisotopic (exact) mass is 315 g/mol. The molecule has 1 saturated heterocycles. The first-order valence-electron chi connectivity index (χ1n) is 6.04. The fourth-order valence-electron chi connectivity index (χ4n) is 2.07. The van der Waals surface area contributed by atoms with Crippen molar-refractivity contribution in [2.24, 2.45) is 0 Å². The molecule has 1 aromatic carbocycles. The molecule has 1 fully saturated rings. The molecule has 0 spiro atoms. The molecule has 0 bridgehead atoms. The highest BCUT2D eigenvalue weighted by molar-refractivity contribution is 9.10. The van der Waals surface area contributed by atoms with Crippen molar-refractivity contribution in [2.75, 3.05) is 26.3 Å². The summed E-state index contributed by atoms with van der Waals surface area (Å²) in [4.78, 5) is 2.16.